The average molecular weight is 410 g/mol. The molecule has 2 aromatic carbocycles. The number of ether oxygens (including phenoxy) is 4. The van der Waals surface area contributed by atoms with Crippen LogP contribution in [-0.2, 0) is 27.1 Å². The number of cyclic esters (lactones) is 1. The highest BCUT2D eigenvalue weighted by Crippen LogP contribution is 2.37. The van der Waals surface area contributed by atoms with Crippen LogP contribution in [0.25, 0.3) is 5.57 Å². The molecule has 6 heteroatoms. The molecule has 0 saturated heterocycles. The maximum atomic E-state index is 12.6. The van der Waals surface area contributed by atoms with Crippen molar-refractivity contribution in [3.05, 3.63) is 64.7 Å². The molecule has 2 aliphatic rings. The van der Waals surface area contributed by atoms with E-state index in [9.17, 15) is 9.90 Å². The van der Waals surface area contributed by atoms with Gasteiger partial charge in [-0.15, -0.1) is 0 Å². The van der Waals surface area contributed by atoms with Crippen molar-refractivity contribution in [2.75, 3.05) is 14.2 Å². The Morgan fingerprint density at radius 2 is 1.83 bits per heavy atom. The van der Waals surface area contributed by atoms with E-state index in [4.69, 9.17) is 18.9 Å². The Hall–Kier alpha value is -2.83. The Morgan fingerprint density at radius 1 is 1.10 bits per heavy atom. The lowest BCUT2D eigenvalue weighted by atomic mass is 9.93. The zero-order valence-corrected chi connectivity index (χ0v) is 17.6. The number of hydrogen-bond acceptors (Lipinski definition) is 6. The van der Waals surface area contributed by atoms with Gasteiger partial charge >= 0.3 is 5.97 Å². The summed E-state index contributed by atoms with van der Waals surface area (Å²) in [7, 11) is 3.13. The Labute approximate surface area is 176 Å². The fourth-order valence-electron chi connectivity index (χ4n) is 3.93. The molecule has 2 atom stereocenters. The highest BCUT2D eigenvalue weighted by Gasteiger charge is 2.37. The number of aliphatic hydroxyl groups is 1. The van der Waals surface area contributed by atoms with Crippen LogP contribution in [0.2, 0.25) is 0 Å². The van der Waals surface area contributed by atoms with E-state index in [2.05, 4.69) is 6.07 Å². The monoisotopic (exact) mass is 410 g/mol. The molecule has 0 aromatic heterocycles. The van der Waals surface area contributed by atoms with Gasteiger partial charge in [-0.3, -0.25) is 0 Å². The van der Waals surface area contributed by atoms with Gasteiger partial charge in [0.1, 0.15) is 17.6 Å². The van der Waals surface area contributed by atoms with E-state index >= 15 is 0 Å². The van der Waals surface area contributed by atoms with Crippen LogP contribution >= 0.6 is 0 Å². The topological polar surface area (TPSA) is 74.2 Å². The molecule has 2 aromatic rings. The smallest absolute Gasteiger partial charge is 0.341 e. The van der Waals surface area contributed by atoms with Gasteiger partial charge in [0.2, 0.25) is 6.29 Å². The summed E-state index contributed by atoms with van der Waals surface area (Å²) in [5.41, 5.74) is 3.22. The first-order valence-electron chi connectivity index (χ1n) is 9.92. The van der Waals surface area contributed by atoms with Gasteiger partial charge < -0.3 is 24.1 Å². The third-order valence-corrected chi connectivity index (χ3v) is 5.60. The highest BCUT2D eigenvalue weighted by molar-refractivity contribution is 6.19. The van der Waals surface area contributed by atoms with Crippen molar-refractivity contribution in [1.29, 1.82) is 0 Å². The van der Waals surface area contributed by atoms with Gasteiger partial charge in [0.25, 0.3) is 0 Å². The molecule has 0 spiro atoms. The van der Waals surface area contributed by atoms with Crippen molar-refractivity contribution < 1.29 is 28.8 Å². The fraction of sp³-hybridized carbons (Fsp3) is 0.375. The second-order valence-corrected chi connectivity index (χ2v) is 8.18. The maximum absolute atomic E-state index is 12.6. The summed E-state index contributed by atoms with van der Waals surface area (Å²) in [4.78, 5) is 12.6. The average Bonchev–Trinajstić information content (AvgIpc) is 3.28. The van der Waals surface area contributed by atoms with E-state index in [0.717, 1.165) is 33.8 Å². The summed E-state index contributed by atoms with van der Waals surface area (Å²) in [5.74, 6) is 1.11. The third-order valence-electron chi connectivity index (χ3n) is 5.60. The van der Waals surface area contributed by atoms with E-state index in [1.807, 2.05) is 36.4 Å². The van der Waals surface area contributed by atoms with Gasteiger partial charge in [0.05, 0.1) is 18.3 Å². The second kappa shape index (κ2) is 7.78. The standard InChI is InChI=1S/C24H26O6/c1-24(2,26)20-13-16-11-14(5-10-19(16)29-20)12-18-21(22(25)30-23(18)28-4)15-6-8-17(27-3)9-7-15/h5-11,20,23,26H,12-13H2,1-4H3/t20?,23-/m0/s1. The molecule has 0 bridgehead atoms. The lowest BCUT2D eigenvalue weighted by molar-refractivity contribution is -0.154. The van der Waals surface area contributed by atoms with Crippen molar-refractivity contribution in [1.82, 2.24) is 0 Å². The van der Waals surface area contributed by atoms with Crippen LogP contribution in [0.1, 0.15) is 30.5 Å². The molecule has 4 rings (SSSR count). The minimum atomic E-state index is -0.921. The van der Waals surface area contributed by atoms with Gasteiger partial charge in [0.15, 0.2) is 0 Å². The fourth-order valence-corrected chi connectivity index (χ4v) is 3.93. The molecule has 2 heterocycles. The van der Waals surface area contributed by atoms with Crippen LogP contribution in [0.15, 0.2) is 48.0 Å². The number of carbonyl (C=O) groups excluding carboxylic acids is 1. The number of esters is 1. The predicted molar refractivity (Wildman–Crippen MR) is 111 cm³/mol. The Kier molecular flexibility index (Phi) is 5.30. The van der Waals surface area contributed by atoms with Crippen molar-refractivity contribution in [3.8, 4) is 11.5 Å². The van der Waals surface area contributed by atoms with Crippen molar-refractivity contribution in [2.24, 2.45) is 0 Å². The zero-order chi connectivity index (χ0) is 21.5. The number of fused-ring (bicyclic) bond motifs is 1. The number of hydrogen-bond donors (Lipinski definition) is 1. The molecule has 1 N–H and O–H groups in total. The van der Waals surface area contributed by atoms with Crippen LogP contribution in [0.4, 0.5) is 0 Å². The van der Waals surface area contributed by atoms with E-state index in [-0.39, 0.29) is 6.10 Å². The second-order valence-electron chi connectivity index (χ2n) is 8.18. The molecule has 0 aliphatic carbocycles. The molecule has 158 valence electrons. The van der Waals surface area contributed by atoms with Gasteiger partial charge in [-0.05, 0) is 48.7 Å². The molecule has 0 saturated carbocycles. The van der Waals surface area contributed by atoms with Crippen molar-refractivity contribution >= 4 is 11.5 Å². The number of benzene rings is 2. The van der Waals surface area contributed by atoms with Crippen LogP contribution < -0.4 is 9.47 Å². The summed E-state index contributed by atoms with van der Waals surface area (Å²) in [6, 6.07) is 13.3. The number of carbonyl (C=O) groups is 1. The van der Waals surface area contributed by atoms with Gasteiger partial charge in [-0.1, -0.05) is 24.3 Å². The Balaban J connectivity index is 1.66. The van der Waals surface area contributed by atoms with E-state index in [0.29, 0.717) is 18.4 Å². The maximum Gasteiger partial charge on any atom is 0.341 e. The Bertz CT molecular complexity index is 984. The summed E-state index contributed by atoms with van der Waals surface area (Å²) in [6.45, 7) is 3.50. The molecule has 0 radical (unpaired) electrons. The summed E-state index contributed by atoms with van der Waals surface area (Å²) >= 11 is 0. The normalized spacial score (nSPS) is 20.8. The van der Waals surface area contributed by atoms with Crippen LogP contribution in [0, 0.1) is 0 Å². The molecule has 0 fully saturated rings. The predicted octanol–water partition coefficient (Wildman–Crippen LogP) is 3.30. The third kappa shape index (κ3) is 3.80. The molecular weight excluding hydrogens is 384 g/mol. The van der Waals surface area contributed by atoms with Crippen LogP contribution in [0.3, 0.4) is 0 Å². The first kappa shape index (κ1) is 20.4. The molecule has 6 nitrogen and oxygen atoms in total. The van der Waals surface area contributed by atoms with Gasteiger partial charge in [0, 0.05) is 25.5 Å². The largest absolute Gasteiger partial charge is 0.497 e. The van der Waals surface area contributed by atoms with Gasteiger partial charge in [-0.2, -0.15) is 0 Å². The highest BCUT2D eigenvalue weighted by atomic mass is 16.7. The minimum absolute atomic E-state index is 0.278. The zero-order valence-electron chi connectivity index (χ0n) is 17.6. The van der Waals surface area contributed by atoms with E-state index in [1.165, 1.54) is 7.11 Å². The SMILES string of the molecule is COc1ccc(C2=C(Cc3ccc4c(c3)CC(C(C)(C)O)O4)[C@@H](OC)OC2=O)cc1. The molecule has 1 unspecified atom stereocenters. The quantitative estimate of drug-likeness (QED) is 0.737. The van der Waals surface area contributed by atoms with Crippen molar-refractivity contribution in [3.63, 3.8) is 0 Å². The van der Waals surface area contributed by atoms with Crippen LogP contribution in [0.5, 0.6) is 11.5 Å². The summed E-state index contributed by atoms with van der Waals surface area (Å²) < 4.78 is 22.0. The number of rotatable bonds is 6. The molecule has 0 amide bonds. The first-order chi connectivity index (χ1) is 14.3. The molecule has 30 heavy (non-hydrogen) atoms. The lowest BCUT2D eigenvalue weighted by Gasteiger charge is -2.24. The summed E-state index contributed by atoms with van der Waals surface area (Å²) in [5, 5.41) is 10.3. The lowest BCUT2D eigenvalue weighted by Crippen LogP contribution is -2.39. The Morgan fingerprint density at radius 3 is 2.47 bits per heavy atom. The minimum Gasteiger partial charge on any atom is -0.497 e. The van der Waals surface area contributed by atoms with Gasteiger partial charge in [-0.25, -0.2) is 4.79 Å². The molecule has 2 aliphatic heterocycles. The number of methoxy groups -OCH3 is 2. The summed E-state index contributed by atoms with van der Waals surface area (Å²) in [6.07, 6.45) is 0.148. The van der Waals surface area contributed by atoms with E-state index < -0.39 is 17.9 Å². The van der Waals surface area contributed by atoms with E-state index in [1.54, 1.807) is 21.0 Å². The molecular formula is C24H26O6. The first-order valence-corrected chi connectivity index (χ1v) is 9.92. The van der Waals surface area contributed by atoms with Crippen LogP contribution in [-0.4, -0.2) is 43.3 Å². The van der Waals surface area contributed by atoms with Crippen molar-refractivity contribution in [2.45, 2.75) is 44.7 Å².